The van der Waals surface area contributed by atoms with Gasteiger partial charge in [-0.2, -0.15) is 4.98 Å². The summed E-state index contributed by atoms with van der Waals surface area (Å²) in [5, 5.41) is 15.0. The topological polar surface area (TPSA) is 70.1 Å². The van der Waals surface area contributed by atoms with Gasteiger partial charge in [0.1, 0.15) is 5.82 Å². The van der Waals surface area contributed by atoms with Gasteiger partial charge in [-0.05, 0) is 19.3 Å². The summed E-state index contributed by atoms with van der Waals surface area (Å²) in [6, 6.07) is 1.91. The lowest BCUT2D eigenvalue weighted by atomic mass is 10.1. The van der Waals surface area contributed by atoms with Gasteiger partial charge in [0.05, 0.1) is 0 Å². The molecule has 0 fully saturated rings. The van der Waals surface area contributed by atoms with Crippen molar-refractivity contribution in [3.05, 3.63) is 11.8 Å². The Kier molecular flexibility index (Phi) is 4.98. The van der Waals surface area contributed by atoms with E-state index in [4.69, 9.17) is 5.11 Å². The van der Waals surface area contributed by atoms with E-state index >= 15 is 0 Å². The number of anilines is 2. The Morgan fingerprint density at radius 2 is 2.19 bits per heavy atom. The normalized spacial score (nSPS) is 12.2. The fourth-order valence-corrected chi connectivity index (χ4v) is 1.37. The summed E-state index contributed by atoms with van der Waals surface area (Å²) in [6.07, 6.45) is 0.802. The molecule has 5 nitrogen and oxygen atoms in total. The third kappa shape index (κ3) is 4.02. The number of nitrogens with zero attached hydrogens (tertiary/aromatic N) is 2. The minimum atomic E-state index is 0.230. The van der Waals surface area contributed by atoms with Gasteiger partial charge in [0.25, 0.3) is 0 Å². The average Bonchev–Trinajstić information content (AvgIpc) is 2.26. The summed E-state index contributed by atoms with van der Waals surface area (Å²) < 4.78 is 0. The second-order valence-corrected chi connectivity index (χ2v) is 3.97. The Bertz CT molecular complexity index is 330. The number of aromatic nitrogens is 2. The molecule has 1 unspecified atom stereocenters. The fraction of sp³-hybridized carbons (Fsp3) is 0.636. The van der Waals surface area contributed by atoms with Crippen molar-refractivity contribution < 1.29 is 5.11 Å². The van der Waals surface area contributed by atoms with E-state index in [1.54, 1.807) is 7.05 Å². The number of hydrogen-bond donors (Lipinski definition) is 3. The van der Waals surface area contributed by atoms with Crippen molar-refractivity contribution in [2.24, 2.45) is 5.92 Å². The molecule has 5 heteroatoms. The van der Waals surface area contributed by atoms with Crippen LogP contribution in [0.25, 0.3) is 0 Å². The second kappa shape index (κ2) is 6.27. The zero-order valence-corrected chi connectivity index (χ0v) is 10.1. The first kappa shape index (κ1) is 12.7. The molecule has 1 atom stereocenters. The number of aliphatic hydroxyl groups excluding tert-OH is 1. The Morgan fingerprint density at radius 3 is 2.81 bits per heavy atom. The molecule has 0 aliphatic carbocycles. The predicted octanol–water partition coefficient (Wildman–Crippen LogP) is 1.26. The Labute approximate surface area is 96.3 Å². The molecule has 0 saturated heterocycles. The first-order valence-corrected chi connectivity index (χ1v) is 5.54. The van der Waals surface area contributed by atoms with E-state index in [9.17, 15) is 0 Å². The van der Waals surface area contributed by atoms with Crippen LogP contribution in [0.4, 0.5) is 11.8 Å². The van der Waals surface area contributed by atoms with Gasteiger partial charge < -0.3 is 15.7 Å². The maximum absolute atomic E-state index is 8.80. The molecule has 0 aliphatic heterocycles. The molecule has 1 aromatic rings. The first-order chi connectivity index (χ1) is 7.65. The molecule has 0 spiro atoms. The van der Waals surface area contributed by atoms with Crippen molar-refractivity contribution >= 4 is 11.8 Å². The minimum absolute atomic E-state index is 0.230. The highest BCUT2D eigenvalue weighted by atomic mass is 16.3. The van der Waals surface area contributed by atoms with Gasteiger partial charge in [0.15, 0.2) is 0 Å². The monoisotopic (exact) mass is 224 g/mol. The minimum Gasteiger partial charge on any atom is -0.396 e. The smallest absolute Gasteiger partial charge is 0.224 e. The van der Waals surface area contributed by atoms with Crippen LogP contribution in [0.15, 0.2) is 6.07 Å². The Hall–Kier alpha value is -1.36. The molecule has 0 radical (unpaired) electrons. The summed E-state index contributed by atoms with van der Waals surface area (Å²) in [5.74, 6) is 1.87. The molecule has 3 N–H and O–H groups in total. The number of aryl methyl sites for hydroxylation is 1. The van der Waals surface area contributed by atoms with Gasteiger partial charge in [-0.3, -0.25) is 0 Å². The lowest BCUT2D eigenvalue weighted by molar-refractivity contribution is 0.266. The summed E-state index contributed by atoms with van der Waals surface area (Å²) >= 11 is 0. The fourth-order valence-electron chi connectivity index (χ4n) is 1.37. The second-order valence-electron chi connectivity index (χ2n) is 3.97. The molecular weight excluding hydrogens is 204 g/mol. The number of nitrogens with one attached hydrogen (secondary N) is 2. The molecule has 0 bridgehead atoms. The van der Waals surface area contributed by atoms with Crippen molar-refractivity contribution in [2.45, 2.75) is 20.3 Å². The van der Waals surface area contributed by atoms with Crippen LogP contribution < -0.4 is 10.6 Å². The summed E-state index contributed by atoms with van der Waals surface area (Å²) in [5.41, 5.74) is 0.927. The van der Waals surface area contributed by atoms with Gasteiger partial charge in [0, 0.05) is 32.0 Å². The molecular formula is C11H20N4O. The van der Waals surface area contributed by atoms with Crippen LogP contribution in [0, 0.1) is 12.8 Å². The van der Waals surface area contributed by atoms with Crippen molar-refractivity contribution in [3.8, 4) is 0 Å². The van der Waals surface area contributed by atoms with Crippen LogP contribution in [-0.4, -0.2) is 35.3 Å². The number of rotatable bonds is 6. The third-order valence-corrected chi connectivity index (χ3v) is 2.33. The molecule has 0 aromatic carbocycles. The SMILES string of the molecule is CNc1nc(C)cc(NCC(C)CCO)n1. The van der Waals surface area contributed by atoms with Crippen LogP contribution in [0.5, 0.6) is 0 Å². The summed E-state index contributed by atoms with van der Waals surface area (Å²) in [6.45, 7) is 5.06. The van der Waals surface area contributed by atoms with Crippen molar-refractivity contribution in [3.63, 3.8) is 0 Å². The predicted molar refractivity (Wildman–Crippen MR) is 65.7 cm³/mol. The standard InChI is InChI=1S/C11H20N4O/c1-8(4-5-16)7-13-10-6-9(2)14-11(12-3)15-10/h6,8,16H,4-5,7H2,1-3H3,(H2,12,13,14,15). The highest BCUT2D eigenvalue weighted by Crippen LogP contribution is 2.10. The molecule has 16 heavy (non-hydrogen) atoms. The van der Waals surface area contributed by atoms with Gasteiger partial charge in [-0.25, -0.2) is 4.98 Å². The van der Waals surface area contributed by atoms with E-state index in [1.165, 1.54) is 0 Å². The average molecular weight is 224 g/mol. The lowest BCUT2D eigenvalue weighted by Gasteiger charge is -2.12. The van der Waals surface area contributed by atoms with Crippen molar-refractivity contribution in [1.82, 2.24) is 9.97 Å². The van der Waals surface area contributed by atoms with E-state index in [-0.39, 0.29) is 6.61 Å². The molecule has 0 saturated carbocycles. The van der Waals surface area contributed by atoms with Crippen LogP contribution in [-0.2, 0) is 0 Å². The third-order valence-electron chi connectivity index (χ3n) is 2.33. The highest BCUT2D eigenvalue weighted by molar-refractivity contribution is 5.41. The van der Waals surface area contributed by atoms with Gasteiger partial charge in [-0.15, -0.1) is 0 Å². The van der Waals surface area contributed by atoms with Gasteiger partial charge >= 0.3 is 0 Å². The molecule has 1 rings (SSSR count). The molecule has 0 amide bonds. The largest absolute Gasteiger partial charge is 0.396 e. The zero-order chi connectivity index (χ0) is 12.0. The highest BCUT2D eigenvalue weighted by Gasteiger charge is 2.03. The lowest BCUT2D eigenvalue weighted by Crippen LogP contribution is -2.14. The zero-order valence-electron chi connectivity index (χ0n) is 10.1. The van der Waals surface area contributed by atoms with Gasteiger partial charge in [0.2, 0.25) is 5.95 Å². The van der Waals surface area contributed by atoms with Crippen LogP contribution in [0.3, 0.4) is 0 Å². The van der Waals surface area contributed by atoms with E-state index in [2.05, 4.69) is 27.5 Å². The van der Waals surface area contributed by atoms with Crippen molar-refractivity contribution in [1.29, 1.82) is 0 Å². The Morgan fingerprint density at radius 1 is 1.44 bits per heavy atom. The molecule has 1 aromatic heterocycles. The first-order valence-electron chi connectivity index (χ1n) is 5.54. The number of aliphatic hydroxyl groups is 1. The van der Waals surface area contributed by atoms with Crippen molar-refractivity contribution in [2.75, 3.05) is 30.8 Å². The van der Waals surface area contributed by atoms with E-state index in [0.717, 1.165) is 24.5 Å². The van der Waals surface area contributed by atoms with E-state index in [1.807, 2.05) is 13.0 Å². The molecule has 1 heterocycles. The quantitative estimate of drug-likeness (QED) is 0.678. The van der Waals surface area contributed by atoms with Gasteiger partial charge in [-0.1, -0.05) is 6.92 Å². The maximum Gasteiger partial charge on any atom is 0.224 e. The number of hydrogen-bond acceptors (Lipinski definition) is 5. The molecule has 90 valence electrons. The van der Waals surface area contributed by atoms with Crippen LogP contribution >= 0.6 is 0 Å². The summed E-state index contributed by atoms with van der Waals surface area (Å²) in [4.78, 5) is 8.50. The summed E-state index contributed by atoms with van der Waals surface area (Å²) in [7, 11) is 1.80. The van der Waals surface area contributed by atoms with E-state index < -0.39 is 0 Å². The maximum atomic E-state index is 8.80. The van der Waals surface area contributed by atoms with Crippen LogP contribution in [0.2, 0.25) is 0 Å². The van der Waals surface area contributed by atoms with E-state index in [0.29, 0.717) is 11.9 Å². The molecule has 0 aliphatic rings. The van der Waals surface area contributed by atoms with Crippen LogP contribution in [0.1, 0.15) is 19.0 Å². The Balaban J connectivity index is 2.56.